The van der Waals surface area contributed by atoms with Crippen molar-refractivity contribution in [3.05, 3.63) is 34.7 Å². The third-order valence-electron chi connectivity index (χ3n) is 5.32. The maximum atomic E-state index is 4.82. The molecule has 1 aliphatic carbocycles. The van der Waals surface area contributed by atoms with Crippen molar-refractivity contribution < 1.29 is 0 Å². The number of nitrogens with zero attached hydrogens (tertiary/aromatic N) is 1. The van der Waals surface area contributed by atoms with Gasteiger partial charge in [0.1, 0.15) is 0 Å². The highest BCUT2D eigenvalue weighted by molar-refractivity contribution is 7.14. The summed E-state index contributed by atoms with van der Waals surface area (Å²) < 4.78 is 0. The van der Waals surface area contributed by atoms with Crippen molar-refractivity contribution in [3.63, 3.8) is 0 Å². The van der Waals surface area contributed by atoms with E-state index < -0.39 is 0 Å². The van der Waals surface area contributed by atoms with Gasteiger partial charge in [0, 0.05) is 17.0 Å². The minimum Gasteiger partial charge on any atom is -0.359 e. The Morgan fingerprint density at radius 2 is 2.09 bits per heavy atom. The van der Waals surface area contributed by atoms with E-state index in [-0.39, 0.29) is 0 Å². The van der Waals surface area contributed by atoms with Crippen LogP contribution in [0.25, 0.3) is 11.3 Å². The van der Waals surface area contributed by atoms with Gasteiger partial charge in [0.25, 0.3) is 0 Å². The largest absolute Gasteiger partial charge is 0.359 e. The molecule has 23 heavy (non-hydrogen) atoms. The number of benzene rings is 1. The van der Waals surface area contributed by atoms with Crippen LogP contribution >= 0.6 is 11.3 Å². The van der Waals surface area contributed by atoms with Gasteiger partial charge in [0.05, 0.1) is 5.69 Å². The van der Waals surface area contributed by atoms with Crippen molar-refractivity contribution in [3.8, 4) is 11.3 Å². The Hall–Kier alpha value is -1.39. The maximum Gasteiger partial charge on any atom is 0.183 e. The molecule has 0 spiro atoms. The van der Waals surface area contributed by atoms with Crippen LogP contribution in [0.2, 0.25) is 0 Å². The minimum absolute atomic E-state index is 0.331. The standard InChI is InChI=1S/C19H25N3S/c1-19(2)8-5-13-11-14(3-4-16(13)19)17-12-23-18(22-17)21-15-6-9-20-10-7-15/h3-4,11-12,15,20H,5-10H2,1-2H3,(H,21,22). The number of thiazole rings is 1. The normalized spacial score (nSPS) is 20.4. The highest BCUT2D eigenvalue weighted by Crippen LogP contribution is 2.40. The molecule has 0 atom stereocenters. The first-order chi connectivity index (χ1) is 11.1. The lowest BCUT2D eigenvalue weighted by Gasteiger charge is -2.23. The SMILES string of the molecule is CC1(C)CCc2cc(-c3csc(NC4CCNCC4)n3)ccc21. The minimum atomic E-state index is 0.331. The smallest absolute Gasteiger partial charge is 0.183 e. The van der Waals surface area contributed by atoms with E-state index in [1.807, 2.05) is 0 Å². The van der Waals surface area contributed by atoms with Crippen LogP contribution in [0.3, 0.4) is 0 Å². The summed E-state index contributed by atoms with van der Waals surface area (Å²) in [6.45, 7) is 6.91. The molecule has 0 unspecified atom stereocenters. The van der Waals surface area contributed by atoms with Gasteiger partial charge in [-0.2, -0.15) is 0 Å². The molecule has 2 aromatic rings. The topological polar surface area (TPSA) is 37.0 Å². The molecule has 4 rings (SSSR count). The lowest BCUT2D eigenvalue weighted by atomic mass is 9.86. The number of anilines is 1. The zero-order chi connectivity index (χ0) is 15.9. The third kappa shape index (κ3) is 3.02. The third-order valence-corrected chi connectivity index (χ3v) is 6.09. The number of piperidine rings is 1. The second-order valence-corrected chi connectivity index (χ2v) is 8.32. The Kier molecular flexibility index (Phi) is 3.90. The Balaban J connectivity index is 1.53. The molecular weight excluding hydrogens is 302 g/mol. The van der Waals surface area contributed by atoms with Gasteiger partial charge >= 0.3 is 0 Å². The first-order valence-electron chi connectivity index (χ1n) is 8.68. The predicted molar refractivity (Wildman–Crippen MR) is 98.4 cm³/mol. The van der Waals surface area contributed by atoms with Gasteiger partial charge in [-0.1, -0.05) is 26.0 Å². The Labute approximate surface area is 142 Å². The average Bonchev–Trinajstić information content (AvgIpc) is 3.13. The van der Waals surface area contributed by atoms with Crippen LogP contribution in [-0.2, 0) is 11.8 Å². The van der Waals surface area contributed by atoms with Crippen molar-refractivity contribution in [2.75, 3.05) is 18.4 Å². The van der Waals surface area contributed by atoms with Crippen molar-refractivity contribution >= 4 is 16.5 Å². The van der Waals surface area contributed by atoms with E-state index in [1.54, 1.807) is 11.3 Å². The molecule has 1 aromatic heterocycles. The first kappa shape index (κ1) is 15.2. The van der Waals surface area contributed by atoms with E-state index in [9.17, 15) is 0 Å². The van der Waals surface area contributed by atoms with Gasteiger partial charge in [-0.05, 0) is 61.4 Å². The van der Waals surface area contributed by atoms with Crippen LogP contribution in [0.4, 0.5) is 5.13 Å². The maximum absolute atomic E-state index is 4.82. The second kappa shape index (κ2) is 5.91. The van der Waals surface area contributed by atoms with Crippen molar-refractivity contribution in [1.82, 2.24) is 10.3 Å². The van der Waals surface area contributed by atoms with Gasteiger partial charge in [-0.15, -0.1) is 11.3 Å². The molecule has 0 amide bonds. The molecule has 1 aromatic carbocycles. The van der Waals surface area contributed by atoms with Crippen LogP contribution < -0.4 is 10.6 Å². The lowest BCUT2D eigenvalue weighted by Crippen LogP contribution is -2.35. The molecule has 2 N–H and O–H groups in total. The highest BCUT2D eigenvalue weighted by Gasteiger charge is 2.29. The van der Waals surface area contributed by atoms with Gasteiger partial charge in [-0.25, -0.2) is 4.98 Å². The molecule has 4 heteroatoms. The molecule has 122 valence electrons. The molecule has 2 aliphatic rings. The van der Waals surface area contributed by atoms with Crippen molar-refractivity contribution in [1.29, 1.82) is 0 Å². The first-order valence-corrected chi connectivity index (χ1v) is 9.56. The zero-order valence-corrected chi connectivity index (χ0v) is 14.8. The van der Waals surface area contributed by atoms with Crippen LogP contribution in [0.1, 0.15) is 44.2 Å². The number of rotatable bonds is 3. The Morgan fingerprint density at radius 1 is 1.26 bits per heavy atom. The summed E-state index contributed by atoms with van der Waals surface area (Å²) in [6, 6.07) is 7.48. The number of fused-ring (bicyclic) bond motifs is 1. The Morgan fingerprint density at radius 3 is 2.91 bits per heavy atom. The van der Waals surface area contributed by atoms with Crippen molar-refractivity contribution in [2.24, 2.45) is 0 Å². The molecule has 0 radical (unpaired) electrons. The molecule has 1 fully saturated rings. The number of aryl methyl sites for hydroxylation is 1. The van der Waals surface area contributed by atoms with Gasteiger partial charge in [-0.3, -0.25) is 0 Å². The van der Waals surface area contributed by atoms with Crippen LogP contribution in [0.5, 0.6) is 0 Å². The number of nitrogens with one attached hydrogen (secondary N) is 2. The molecule has 0 saturated carbocycles. The van der Waals surface area contributed by atoms with E-state index in [0.717, 1.165) is 23.9 Å². The van der Waals surface area contributed by atoms with Crippen molar-refractivity contribution in [2.45, 2.75) is 51.0 Å². The summed E-state index contributed by atoms with van der Waals surface area (Å²) in [5, 5.41) is 10.3. The fourth-order valence-corrected chi connectivity index (χ4v) is 4.61. The number of hydrogen-bond donors (Lipinski definition) is 2. The summed E-state index contributed by atoms with van der Waals surface area (Å²) in [4.78, 5) is 4.82. The monoisotopic (exact) mass is 327 g/mol. The molecule has 1 saturated heterocycles. The summed E-state index contributed by atoms with van der Waals surface area (Å²) in [7, 11) is 0. The highest BCUT2D eigenvalue weighted by atomic mass is 32.1. The summed E-state index contributed by atoms with van der Waals surface area (Å²) in [5.74, 6) is 0. The number of hydrogen-bond acceptors (Lipinski definition) is 4. The Bertz CT molecular complexity index is 698. The van der Waals surface area contributed by atoms with Gasteiger partial charge < -0.3 is 10.6 Å². The zero-order valence-electron chi connectivity index (χ0n) is 14.0. The van der Waals surface area contributed by atoms with Crippen LogP contribution in [0, 0.1) is 0 Å². The second-order valence-electron chi connectivity index (χ2n) is 7.46. The summed E-state index contributed by atoms with van der Waals surface area (Å²) >= 11 is 1.73. The van der Waals surface area contributed by atoms with E-state index in [0.29, 0.717) is 11.5 Å². The molecule has 2 heterocycles. The quantitative estimate of drug-likeness (QED) is 0.887. The fraction of sp³-hybridized carbons (Fsp3) is 0.526. The predicted octanol–water partition coefficient (Wildman–Crippen LogP) is 4.20. The van der Waals surface area contributed by atoms with E-state index >= 15 is 0 Å². The average molecular weight is 327 g/mol. The van der Waals surface area contributed by atoms with E-state index in [1.165, 1.54) is 42.4 Å². The van der Waals surface area contributed by atoms with E-state index in [2.05, 4.69) is 48.1 Å². The van der Waals surface area contributed by atoms with Gasteiger partial charge in [0.2, 0.25) is 0 Å². The van der Waals surface area contributed by atoms with Crippen LogP contribution in [0.15, 0.2) is 23.6 Å². The summed E-state index contributed by atoms with van der Waals surface area (Å²) in [6.07, 6.45) is 4.82. The molecule has 3 nitrogen and oxygen atoms in total. The molecule has 1 aliphatic heterocycles. The molecule has 0 bridgehead atoms. The van der Waals surface area contributed by atoms with Gasteiger partial charge in [0.15, 0.2) is 5.13 Å². The molecular formula is C19H25N3S. The van der Waals surface area contributed by atoms with E-state index in [4.69, 9.17) is 4.98 Å². The number of aromatic nitrogens is 1. The fourth-order valence-electron chi connectivity index (χ4n) is 3.82. The van der Waals surface area contributed by atoms with Crippen LogP contribution in [-0.4, -0.2) is 24.1 Å². The lowest BCUT2D eigenvalue weighted by molar-refractivity contribution is 0.479. The summed E-state index contributed by atoms with van der Waals surface area (Å²) in [5.41, 5.74) is 5.73.